The number of amides is 1. The summed E-state index contributed by atoms with van der Waals surface area (Å²) < 4.78 is 30.6. The van der Waals surface area contributed by atoms with E-state index >= 15 is 0 Å². The van der Waals surface area contributed by atoms with Crippen molar-refractivity contribution >= 4 is 5.91 Å². The quantitative estimate of drug-likeness (QED) is 0.553. The minimum atomic E-state index is -0.407. The highest BCUT2D eigenvalue weighted by molar-refractivity contribution is 5.92. The Kier molecular flexibility index (Phi) is 7.49. The molecule has 0 aliphatic heterocycles. The van der Waals surface area contributed by atoms with Gasteiger partial charge in [-0.25, -0.2) is 4.39 Å². The molecule has 0 spiro atoms. The van der Waals surface area contributed by atoms with Gasteiger partial charge in [0.1, 0.15) is 18.1 Å². The monoisotopic (exact) mass is 440 g/mol. The molecule has 8 heteroatoms. The van der Waals surface area contributed by atoms with E-state index in [1.807, 2.05) is 18.2 Å². The van der Waals surface area contributed by atoms with Crippen molar-refractivity contribution in [3.63, 3.8) is 0 Å². The Hall–Kier alpha value is -3.81. The van der Waals surface area contributed by atoms with Crippen molar-refractivity contribution in [2.75, 3.05) is 20.8 Å². The van der Waals surface area contributed by atoms with Crippen LogP contribution in [0.5, 0.6) is 17.2 Å². The number of aryl methyl sites for hydroxylation is 1. The number of pyridine rings is 1. The summed E-state index contributed by atoms with van der Waals surface area (Å²) in [6.07, 6.45) is 2.05. The van der Waals surface area contributed by atoms with Gasteiger partial charge in [-0.2, -0.15) is 0 Å². The Morgan fingerprint density at radius 3 is 2.34 bits per heavy atom. The van der Waals surface area contributed by atoms with E-state index in [-0.39, 0.29) is 29.8 Å². The van der Waals surface area contributed by atoms with Crippen LogP contribution in [0, 0.1) is 5.82 Å². The van der Waals surface area contributed by atoms with Gasteiger partial charge in [-0.15, -0.1) is 0 Å². The van der Waals surface area contributed by atoms with Crippen molar-refractivity contribution in [3.05, 3.63) is 87.6 Å². The van der Waals surface area contributed by atoms with Gasteiger partial charge in [0, 0.05) is 19.7 Å². The zero-order chi connectivity index (χ0) is 23.1. The maximum Gasteiger partial charge on any atom is 0.268 e. The summed E-state index contributed by atoms with van der Waals surface area (Å²) in [5.41, 5.74) is 1.51. The third-order valence-electron chi connectivity index (χ3n) is 4.89. The predicted molar refractivity (Wildman–Crippen MR) is 118 cm³/mol. The Morgan fingerprint density at radius 1 is 0.969 bits per heavy atom. The summed E-state index contributed by atoms with van der Waals surface area (Å²) in [6, 6.07) is 12.6. The maximum atomic E-state index is 13.0. The lowest BCUT2D eigenvalue weighted by Crippen LogP contribution is -2.29. The summed E-state index contributed by atoms with van der Waals surface area (Å²) in [5.74, 6) is 0.659. The average Bonchev–Trinajstić information content (AvgIpc) is 2.80. The number of benzene rings is 2. The third kappa shape index (κ3) is 5.66. The van der Waals surface area contributed by atoms with Crippen LogP contribution in [0.25, 0.3) is 0 Å². The lowest BCUT2D eigenvalue weighted by atomic mass is 10.1. The first kappa shape index (κ1) is 22.9. The molecule has 32 heavy (non-hydrogen) atoms. The Bertz CT molecular complexity index is 1140. The van der Waals surface area contributed by atoms with Gasteiger partial charge in [0.2, 0.25) is 5.43 Å². The van der Waals surface area contributed by atoms with Gasteiger partial charge in [0.05, 0.1) is 20.4 Å². The summed E-state index contributed by atoms with van der Waals surface area (Å²) >= 11 is 0. The van der Waals surface area contributed by atoms with Crippen LogP contribution in [-0.4, -0.2) is 31.2 Å². The second-order valence-electron chi connectivity index (χ2n) is 7.11. The molecule has 1 N–H and O–H groups in total. The highest BCUT2D eigenvalue weighted by atomic mass is 19.1. The number of methoxy groups -OCH3 is 2. The van der Waals surface area contributed by atoms with Crippen LogP contribution in [0.2, 0.25) is 0 Å². The van der Waals surface area contributed by atoms with Crippen LogP contribution >= 0.6 is 0 Å². The molecule has 2 aromatic carbocycles. The molecule has 0 aliphatic carbocycles. The molecule has 0 fully saturated rings. The van der Waals surface area contributed by atoms with Crippen molar-refractivity contribution in [1.82, 2.24) is 9.88 Å². The molecule has 0 saturated heterocycles. The smallest absolute Gasteiger partial charge is 0.268 e. The van der Waals surface area contributed by atoms with Crippen molar-refractivity contribution in [2.24, 2.45) is 7.05 Å². The highest BCUT2D eigenvalue weighted by Crippen LogP contribution is 2.27. The minimum Gasteiger partial charge on any atom is -0.493 e. The maximum absolute atomic E-state index is 13.0. The standard InChI is InChI=1S/C24H25FN2O5/c1-27-14-23(32-15-17-4-7-18(25)8-5-17)20(28)13-19(27)24(29)26-11-10-16-6-9-21(30-2)22(12-16)31-3/h4-9,12-14H,10-11,15H2,1-3H3,(H,26,29). The summed E-state index contributed by atoms with van der Waals surface area (Å²) in [5, 5.41) is 2.82. The predicted octanol–water partition coefficient (Wildman–Crippen LogP) is 3.09. The average molecular weight is 440 g/mol. The molecule has 7 nitrogen and oxygen atoms in total. The number of nitrogens with one attached hydrogen (secondary N) is 1. The van der Waals surface area contributed by atoms with Gasteiger partial charge < -0.3 is 24.1 Å². The molecule has 0 atom stereocenters. The number of hydrogen-bond donors (Lipinski definition) is 1. The van der Waals surface area contributed by atoms with Gasteiger partial charge in [0.25, 0.3) is 5.91 Å². The molecule has 0 bridgehead atoms. The Morgan fingerprint density at radius 2 is 1.66 bits per heavy atom. The van der Waals surface area contributed by atoms with E-state index in [0.717, 1.165) is 11.1 Å². The molecule has 0 unspecified atom stereocenters. The Balaban J connectivity index is 1.60. The van der Waals surface area contributed by atoms with Crippen LogP contribution in [0.1, 0.15) is 21.6 Å². The van der Waals surface area contributed by atoms with Crippen molar-refractivity contribution in [2.45, 2.75) is 13.0 Å². The molecular weight excluding hydrogens is 415 g/mol. The van der Waals surface area contributed by atoms with Gasteiger partial charge >= 0.3 is 0 Å². The van der Waals surface area contributed by atoms with E-state index in [4.69, 9.17) is 14.2 Å². The van der Waals surface area contributed by atoms with E-state index in [2.05, 4.69) is 5.32 Å². The van der Waals surface area contributed by atoms with Crippen molar-refractivity contribution < 1.29 is 23.4 Å². The molecule has 3 aromatic rings. The van der Waals surface area contributed by atoms with E-state index in [0.29, 0.717) is 24.5 Å². The third-order valence-corrected chi connectivity index (χ3v) is 4.89. The fraction of sp³-hybridized carbons (Fsp3) is 0.250. The minimum absolute atomic E-state index is 0.110. The molecular formula is C24H25FN2O5. The lowest BCUT2D eigenvalue weighted by Gasteiger charge is -2.13. The second kappa shape index (κ2) is 10.5. The van der Waals surface area contributed by atoms with Gasteiger partial charge in [-0.1, -0.05) is 18.2 Å². The molecule has 1 heterocycles. The first-order valence-corrected chi connectivity index (χ1v) is 9.98. The van der Waals surface area contributed by atoms with E-state index in [9.17, 15) is 14.0 Å². The number of halogens is 1. The number of nitrogens with zero attached hydrogens (tertiary/aromatic N) is 1. The topological polar surface area (TPSA) is 78.8 Å². The number of carbonyl (C=O) groups is 1. The number of carbonyl (C=O) groups excluding carboxylic acids is 1. The van der Waals surface area contributed by atoms with Crippen LogP contribution in [-0.2, 0) is 20.1 Å². The van der Waals surface area contributed by atoms with Gasteiger partial charge in [-0.05, 0) is 41.8 Å². The largest absolute Gasteiger partial charge is 0.493 e. The van der Waals surface area contributed by atoms with E-state index in [1.165, 1.54) is 29.0 Å². The molecule has 0 aliphatic rings. The van der Waals surface area contributed by atoms with E-state index < -0.39 is 5.43 Å². The van der Waals surface area contributed by atoms with Crippen LogP contribution in [0.3, 0.4) is 0 Å². The summed E-state index contributed by atoms with van der Waals surface area (Å²) in [4.78, 5) is 25.0. The van der Waals surface area contributed by atoms with Gasteiger partial charge in [-0.3, -0.25) is 9.59 Å². The number of hydrogen-bond acceptors (Lipinski definition) is 5. The fourth-order valence-electron chi connectivity index (χ4n) is 3.13. The first-order chi connectivity index (χ1) is 15.4. The lowest BCUT2D eigenvalue weighted by molar-refractivity contribution is 0.0945. The van der Waals surface area contributed by atoms with Crippen molar-refractivity contribution in [1.29, 1.82) is 0 Å². The number of aromatic nitrogens is 1. The highest BCUT2D eigenvalue weighted by Gasteiger charge is 2.13. The van der Waals surface area contributed by atoms with Crippen molar-refractivity contribution in [3.8, 4) is 17.2 Å². The Labute approximate surface area is 185 Å². The normalized spacial score (nSPS) is 10.5. The molecule has 1 aromatic heterocycles. The SMILES string of the molecule is COc1ccc(CCNC(=O)c2cc(=O)c(OCc3ccc(F)cc3)cn2C)cc1OC. The second-order valence-corrected chi connectivity index (χ2v) is 7.11. The van der Waals surface area contributed by atoms with Crippen LogP contribution in [0.4, 0.5) is 4.39 Å². The first-order valence-electron chi connectivity index (χ1n) is 9.98. The van der Waals surface area contributed by atoms with E-state index in [1.54, 1.807) is 33.4 Å². The fourth-order valence-corrected chi connectivity index (χ4v) is 3.13. The zero-order valence-electron chi connectivity index (χ0n) is 18.2. The summed E-state index contributed by atoms with van der Waals surface area (Å²) in [6.45, 7) is 0.498. The summed E-state index contributed by atoms with van der Waals surface area (Å²) in [7, 11) is 4.80. The zero-order valence-corrected chi connectivity index (χ0v) is 18.2. The molecule has 0 radical (unpaired) electrons. The number of ether oxygens (including phenoxy) is 3. The van der Waals surface area contributed by atoms with Gasteiger partial charge in [0.15, 0.2) is 17.2 Å². The molecule has 1 amide bonds. The van der Waals surface area contributed by atoms with Crippen LogP contribution in [0.15, 0.2) is 59.5 Å². The molecule has 168 valence electrons. The molecule has 0 saturated carbocycles. The number of rotatable bonds is 9. The van der Waals surface area contributed by atoms with Crippen LogP contribution < -0.4 is 25.0 Å². The molecule has 3 rings (SSSR count).